The molecule has 1 unspecified atom stereocenters. The first kappa shape index (κ1) is 19.2. The smallest absolute Gasteiger partial charge is 0.307 e. The van der Waals surface area contributed by atoms with E-state index in [4.69, 9.17) is 9.47 Å². The number of methoxy groups -OCH3 is 1. The number of carbonyl (C=O) groups excluding carboxylic acids is 2. The van der Waals surface area contributed by atoms with Gasteiger partial charge in [0.05, 0.1) is 19.6 Å². The van der Waals surface area contributed by atoms with Crippen molar-refractivity contribution in [3.8, 4) is 5.75 Å². The van der Waals surface area contributed by atoms with Gasteiger partial charge in [-0.2, -0.15) is 0 Å². The Bertz CT molecular complexity index is 595. The van der Waals surface area contributed by atoms with Crippen LogP contribution in [-0.2, 0) is 19.1 Å². The van der Waals surface area contributed by atoms with Crippen LogP contribution in [0.2, 0.25) is 0 Å². The highest BCUT2D eigenvalue weighted by Gasteiger charge is 2.23. The second-order valence-corrected chi connectivity index (χ2v) is 6.36. The van der Waals surface area contributed by atoms with Crippen LogP contribution in [0.4, 0.5) is 0 Å². The Kier molecular flexibility index (Phi) is 7.25. The van der Waals surface area contributed by atoms with E-state index >= 15 is 0 Å². The molecular weight excluding hydrogens is 322 g/mol. The lowest BCUT2D eigenvalue weighted by Crippen LogP contribution is -2.41. The summed E-state index contributed by atoms with van der Waals surface area (Å²) in [4.78, 5) is 25.6. The maximum atomic E-state index is 12.6. The van der Waals surface area contributed by atoms with Crippen LogP contribution in [0.5, 0.6) is 5.75 Å². The highest BCUT2D eigenvalue weighted by atomic mass is 16.5. The molecule has 6 heteroatoms. The molecule has 1 amide bonds. The molecule has 0 saturated carbocycles. The molecule has 1 aromatic carbocycles. The Morgan fingerprint density at radius 2 is 2.12 bits per heavy atom. The number of esters is 1. The molecule has 1 atom stereocenters. The molecule has 0 aromatic heterocycles. The number of hydrogen-bond acceptors (Lipinski definition) is 5. The van der Waals surface area contributed by atoms with Gasteiger partial charge in [-0.05, 0) is 43.9 Å². The van der Waals surface area contributed by atoms with E-state index < -0.39 is 0 Å². The topological polar surface area (TPSA) is 65.1 Å². The van der Waals surface area contributed by atoms with Gasteiger partial charge in [0.2, 0.25) is 0 Å². The van der Waals surface area contributed by atoms with Gasteiger partial charge in [-0.3, -0.25) is 9.59 Å². The monoisotopic (exact) mass is 349 g/mol. The van der Waals surface area contributed by atoms with Crippen molar-refractivity contribution in [1.82, 2.24) is 4.90 Å². The zero-order valence-electron chi connectivity index (χ0n) is 15.2. The standard InChI is InChI=1S/C19H27NO5/c1-14-6-7-15(2)17(11-14)25-13-18(21)20(9-8-19(22)23-3)12-16-5-4-10-24-16/h6-7,11,16H,4-5,8-10,12-13H2,1-3H3. The molecule has 0 bridgehead atoms. The molecule has 0 N–H and O–H groups in total. The van der Waals surface area contributed by atoms with Crippen molar-refractivity contribution in [2.45, 2.75) is 39.2 Å². The lowest BCUT2D eigenvalue weighted by Gasteiger charge is -2.25. The van der Waals surface area contributed by atoms with Gasteiger partial charge in [0.1, 0.15) is 5.75 Å². The quantitative estimate of drug-likeness (QED) is 0.674. The van der Waals surface area contributed by atoms with E-state index in [1.807, 2.05) is 32.0 Å². The molecule has 1 heterocycles. The third-order valence-corrected chi connectivity index (χ3v) is 4.31. The molecule has 138 valence electrons. The van der Waals surface area contributed by atoms with Gasteiger partial charge in [-0.25, -0.2) is 0 Å². The average Bonchev–Trinajstić information content (AvgIpc) is 3.11. The van der Waals surface area contributed by atoms with Crippen LogP contribution >= 0.6 is 0 Å². The molecule has 6 nitrogen and oxygen atoms in total. The summed E-state index contributed by atoms with van der Waals surface area (Å²) in [6, 6.07) is 5.89. The summed E-state index contributed by atoms with van der Waals surface area (Å²) in [5.74, 6) is 0.222. The van der Waals surface area contributed by atoms with Gasteiger partial charge in [0.15, 0.2) is 6.61 Å². The van der Waals surface area contributed by atoms with Crippen LogP contribution in [0.15, 0.2) is 18.2 Å². The Morgan fingerprint density at radius 1 is 1.32 bits per heavy atom. The largest absolute Gasteiger partial charge is 0.483 e. The second kappa shape index (κ2) is 9.42. The second-order valence-electron chi connectivity index (χ2n) is 6.36. The van der Waals surface area contributed by atoms with Gasteiger partial charge in [-0.15, -0.1) is 0 Å². The molecule has 25 heavy (non-hydrogen) atoms. The lowest BCUT2D eigenvalue weighted by molar-refractivity contribution is -0.142. The molecule has 1 aromatic rings. The van der Waals surface area contributed by atoms with Gasteiger partial charge >= 0.3 is 5.97 Å². The number of amides is 1. The van der Waals surface area contributed by atoms with Crippen LogP contribution < -0.4 is 4.74 Å². The van der Waals surface area contributed by atoms with Gasteiger partial charge in [0, 0.05) is 19.7 Å². The number of aryl methyl sites for hydroxylation is 2. The third-order valence-electron chi connectivity index (χ3n) is 4.31. The van der Waals surface area contributed by atoms with Crippen molar-refractivity contribution in [3.63, 3.8) is 0 Å². The normalized spacial score (nSPS) is 16.5. The Balaban J connectivity index is 1.95. The van der Waals surface area contributed by atoms with Crippen molar-refractivity contribution < 1.29 is 23.8 Å². The first-order valence-electron chi connectivity index (χ1n) is 8.66. The Labute approximate surface area is 149 Å². The highest BCUT2D eigenvalue weighted by molar-refractivity contribution is 5.78. The molecular formula is C19H27NO5. The summed E-state index contributed by atoms with van der Waals surface area (Å²) >= 11 is 0. The number of nitrogens with zero attached hydrogens (tertiary/aromatic N) is 1. The summed E-state index contributed by atoms with van der Waals surface area (Å²) < 4.78 is 16.0. The maximum absolute atomic E-state index is 12.6. The predicted octanol–water partition coefficient (Wildman–Crippen LogP) is 2.25. The van der Waals surface area contributed by atoms with Gasteiger partial charge in [0.25, 0.3) is 5.91 Å². The molecule has 1 aliphatic heterocycles. The van der Waals surface area contributed by atoms with Crippen molar-refractivity contribution in [1.29, 1.82) is 0 Å². The van der Waals surface area contributed by atoms with Crippen LogP contribution in [0.3, 0.4) is 0 Å². The van der Waals surface area contributed by atoms with E-state index in [9.17, 15) is 9.59 Å². The molecule has 1 aliphatic rings. The minimum atomic E-state index is -0.333. The number of rotatable bonds is 8. The lowest BCUT2D eigenvalue weighted by atomic mass is 10.1. The van der Waals surface area contributed by atoms with Crippen LogP contribution in [0.25, 0.3) is 0 Å². The minimum absolute atomic E-state index is 0.0299. The Hall–Kier alpha value is -2.08. The van der Waals surface area contributed by atoms with Crippen molar-refractivity contribution in [2.24, 2.45) is 0 Å². The summed E-state index contributed by atoms with van der Waals surface area (Å²) in [5, 5.41) is 0. The van der Waals surface area contributed by atoms with E-state index in [0.29, 0.717) is 18.8 Å². The number of ether oxygens (including phenoxy) is 3. The number of carbonyl (C=O) groups is 2. The molecule has 1 saturated heterocycles. The van der Waals surface area contributed by atoms with E-state index in [-0.39, 0.29) is 31.0 Å². The summed E-state index contributed by atoms with van der Waals surface area (Å²) in [6.07, 6.45) is 2.13. The molecule has 0 spiro atoms. The number of benzene rings is 1. The van der Waals surface area contributed by atoms with Crippen LogP contribution in [0.1, 0.15) is 30.4 Å². The predicted molar refractivity (Wildman–Crippen MR) is 93.6 cm³/mol. The van der Waals surface area contributed by atoms with E-state index in [2.05, 4.69) is 4.74 Å². The Morgan fingerprint density at radius 3 is 2.80 bits per heavy atom. The first-order chi connectivity index (χ1) is 12.0. The first-order valence-corrected chi connectivity index (χ1v) is 8.66. The maximum Gasteiger partial charge on any atom is 0.307 e. The van der Waals surface area contributed by atoms with Crippen LogP contribution in [-0.4, -0.2) is 56.3 Å². The zero-order chi connectivity index (χ0) is 18.2. The molecule has 0 aliphatic carbocycles. The van der Waals surface area contributed by atoms with Crippen molar-refractivity contribution in [2.75, 3.05) is 33.4 Å². The van der Waals surface area contributed by atoms with Crippen molar-refractivity contribution in [3.05, 3.63) is 29.3 Å². The fourth-order valence-electron chi connectivity index (χ4n) is 2.77. The molecule has 1 fully saturated rings. The minimum Gasteiger partial charge on any atom is -0.483 e. The van der Waals surface area contributed by atoms with E-state index in [1.165, 1.54) is 7.11 Å². The summed E-state index contributed by atoms with van der Waals surface area (Å²) in [6.45, 7) is 5.38. The van der Waals surface area contributed by atoms with Gasteiger partial charge in [-0.1, -0.05) is 12.1 Å². The van der Waals surface area contributed by atoms with E-state index in [1.54, 1.807) is 4.90 Å². The molecule has 0 radical (unpaired) electrons. The molecule has 2 rings (SSSR count). The SMILES string of the molecule is COC(=O)CCN(CC1CCCO1)C(=O)COc1cc(C)ccc1C. The van der Waals surface area contributed by atoms with Gasteiger partial charge < -0.3 is 19.1 Å². The third kappa shape index (κ3) is 6.05. The summed E-state index contributed by atoms with van der Waals surface area (Å²) in [5.41, 5.74) is 2.06. The fraction of sp³-hybridized carbons (Fsp3) is 0.579. The van der Waals surface area contributed by atoms with Crippen LogP contribution in [0, 0.1) is 13.8 Å². The highest BCUT2D eigenvalue weighted by Crippen LogP contribution is 2.19. The van der Waals surface area contributed by atoms with E-state index in [0.717, 1.165) is 30.6 Å². The average molecular weight is 349 g/mol. The number of hydrogen-bond donors (Lipinski definition) is 0. The zero-order valence-corrected chi connectivity index (χ0v) is 15.2. The van der Waals surface area contributed by atoms with Crippen molar-refractivity contribution >= 4 is 11.9 Å². The summed E-state index contributed by atoms with van der Waals surface area (Å²) in [7, 11) is 1.35. The fourth-order valence-corrected chi connectivity index (χ4v) is 2.77.